The number of piperidine rings is 1. The average Bonchev–Trinajstić information content (AvgIpc) is 2.54. The number of amides is 1. The van der Waals surface area contributed by atoms with E-state index in [2.05, 4.69) is 0 Å². The zero-order valence-electron chi connectivity index (χ0n) is 15.5. The molecular formula is C19H28N2O4. The molecule has 0 aliphatic carbocycles. The minimum atomic E-state index is -0.507. The van der Waals surface area contributed by atoms with E-state index < -0.39 is 11.7 Å². The summed E-state index contributed by atoms with van der Waals surface area (Å²) in [5.74, 6) is 0.119. The Hall–Kier alpha value is -2.24. The van der Waals surface area contributed by atoms with Crippen LogP contribution in [0.25, 0.3) is 0 Å². The van der Waals surface area contributed by atoms with Gasteiger partial charge in [0.2, 0.25) is 0 Å². The fourth-order valence-corrected chi connectivity index (χ4v) is 3.15. The third-order valence-electron chi connectivity index (χ3n) is 4.37. The van der Waals surface area contributed by atoms with Crippen LogP contribution in [0.1, 0.15) is 50.8 Å². The first-order chi connectivity index (χ1) is 11.7. The third kappa shape index (κ3) is 5.11. The van der Waals surface area contributed by atoms with E-state index in [1.165, 1.54) is 0 Å². The molecule has 6 nitrogen and oxygen atoms in total. The molecule has 0 spiro atoms. The number of aryl methyl sites for hydroxylation is 1. The Morgan fingerprint density at radius 3 is 2.52 bits per heavy atom. The lowest BCUT2D eigenvalue weighted by Gasteiger charge is -2.36. The molecule has 1 atom stereocenters. The van der Waals surface area contributed by atoms with Gasteiger partial charge in [-0.3, -0.25) is 4.79 Å². The van der Waals surface area contributed by atoms with Crippen molar-refractivity contribution in [1.82, 2.24) is 4.90 Å². The standard InChI is InChI=1S/C19H28N2O4/c1-13-5-6-16(20)15(11-13)17(24-12-22)14-7-9-21(10-8-14)18(23)25-19(2,3)4/h5-6,11-12,14,17H,7-10,20H2,1-4H3. The first-order valence-corrected chi connectivity index (χ1v) is 8.64. The fourth-order valence-electron chi connectivity index (χ4n) is 3.15. The number of nitrogens with two attached hydrogens (primary N) is 1. The number of rotatable bonds is 4. The molecule has 1 aliphatic rings. The molecule has 2 N–H and O–H groups in total. The van der Waals surface area contributed by atoms with Crippen LogP contribution in [0.4, 0.5) is 10.5 Å². The maximum atomic E-state index is 12.2. The van der Waals surface area contributed by atoms with E-state index in [4.69, 9.17) is 15.2 Å². The van der Waals surface area contributed by atoms with Gasteiger partial charge >= 0.3 is 6.09 Å². The molecule has 1 aliphatic heterocycles. The number of hydrogen-bond acceptors (Lipinski definition) is 5. The highest BCUT2D eigenvalue weighted by atomic mass is 16.6. The highest BCUT2D eigenvalue weighted by Gasteiger charge is 2.33. The van der Waals surface area contributed by atoms with Gasteiger partial charge in [-0.05, 0) is 46.6 Å². The fraction of sp³-hybridized carbons (Fsp3) is 0.579. The molecule has 1 aromatic carbocycles. The van der Waals surface area contributed by atoms with E-state index in [1.807, 2.05) is 45.9 Å². The van der Waals surface area contributed by atoms with Crippen molar-refractivity contribution >= 4 is 18.3 Å². The first kappa shape index (κ1) is 19.1. The lowest BCUT2D eigenvalue weighted by atomic mass is 9.86. The summed E-state index contributed by atoms with van der Waals surface area (Å²) in [6, 6.07) is 5.73. The Labute approximate surface area is 149 Å². The molecule has 1 amide bonds. The Bertz CT molecular complexity index is 616. The van der Waals surface area contributed by atoms with E-state index in [1.54, 1.807) is 4.90 Å². The Morgan fingerprint density at radius 2 is 1.96 bits per heavy atom. The van der Waals surface area contributed by atoms with Gasteiger partial charge in [0, 0.05) is 30.3 Å². The molecule has 6 heteroatoms. The predicted molar refractivity (Wildman–Crippen MR) is 96.0 cm³/mol. The van der Waals surface area contributed by atoms with E-state index >= 15 is 0 Å². The summed E-state index contributed by atoms with van der Waals surface area (Å²) >= 11 is 0. The van der Waals surface area contributed by atoms with Crippen LogP contribution in [0.5, 0.6) is 0 Å². The van der Waals surface area contributed by atoms with Crippen LogP contribution >= 0.6 is 0 Å². The van der Waals surface area contributed by atoms with Crippen molar-refractivity contribution in [3.8, 4) is 0 Å². The minimum Gasteiger partial charge on any atom is -0.459 e. The van der Waals surface area contributed by atoms with Gasteiger partial charge in [-0.25, -0.2) is 4.79 Å². The summed E-state index contributed by atoms with van der Waals surface area (Å²) in [5.41, 5.74) is 8.10. The van der Waals surface area contributed by atoms with Crippen molar-refractivity contribution in [3.05, 3.63) is 29.3 Å². The Balaban J connectivity index is 2.07. The van der Waals surface area contributed by atoms with Crippen LogP contribution in [0.2, 0.25) is 0 Å². The molecule has 1 heterocycles. The Kier molecular flexibility index (Phi) is 5.93. The lowest BCUT2D eigenvalue weighted by Crippen LogP contribution is -2.42. The zero-order valence-corrected chi connectivity index (χ0v) is 15.5. The van der Waals surface area contributed by atoms with Crippen molar-refractivity contribution in [2.24, 2.45) is 5.92 Å². The van der Waals surface area contributed by atoms with Crippen LogP contribution in [-0.4, -0.2) is 36.2 Å². The second kappa shape index (κ2) is 7.76. The summed E-state index contributed by atoms with van der Waals surface area (Å²) in [6.07, 6.45) is 0.767. The van der Waals surface area contributed by atoms with E-state index in [0.717, 1.165) is 24.0 Å². The van der Waals surface area contributed by atoms with Crippen LogP contribution in [0.3, 0.4) is 0 Å². The molecule has 1 fully saturated rings. The zero-order chi connectivity index (χ0) is 18.6. The number of hydrogen-bond donors (Lipinski definition) is 1. The van der Waals surface area contributed by atoms with Gasteiger partial charge in [-0.1, -0.05) is 17.7 Å². The highest BCUT2D eigenvalue weighted by Crippen LogP contribution is 2.36. The second-order valence-electron chi connectivity index (χ2n) is 7.59. The minimum absolute atomic E-state index is 0.119. The predicted octanol–water partition coefficient (Wildman–Crippen LogP) is 3.44. The summed E-state index contributed by atoms with van der Waals surface area (Å²) in [6.45, 7) is 9.16. The lowest BCUT2D eigenvalue weighted by molar-refractivity contribution is -0.137. The van der Waals surface area contributed by atoms with Gasteiger partial charge in [-0.2, -0.15) is 0 Å². The van der Waals surface area contributed by atoms with E-state index in [0.29, 0.717) is 25.2 Å². The molecule has 2 rings (SSSR count). The molecule has 1 aromatic rings. The highest BCUT2D eigenvalue weighted by molar-refractivity contribution is 5.68. The maximum absolute atomic E-state index is 12.2. The molecule has 138 valence electrons. The maximum Gasteiger partial charge on any atom is 0.410 e. The Morgan fingerprint density at radius 1 is 1.32 bits per heavy atom. The average molecular weight is 348 g/mol. The van der Waals surface area contributed by atoms with Crippen molar-refractivity contribution in [2.45, 2.75) is 52.2 Å². The quantitative estimate of drug-likeness (QED) is 0.666. The van der Waals surface area contributed by atoms with Gasteiger partial charge in [0.25, 0.3) is 6.47 Å². The van der Waals surface area contributed by atoms with Crippen molar-refractivity contribution in [3.63, 3.8) is 0 Å². The van der Waals surface area contributed by atoms with Crippen molar-refractivity contribution < 1.29 is 19.1 Å². The summed E-state index contributed by atoms with van der Waals surface area (Å²) in [7, 11) is 0. The van der Waals surface area contributed by atoms with Crippen LogP contribution in [0, 0.1) is 12.8 Å². The smallest absolute Gasteiger partial charge is 0.410 e. The summed E-state index contributed by atoms with van der Waals surface area (Å²) < 4.78 is 10.8. The largest absolute Gasteiger partial charge is 0.459 e. The molecule has 0 bridgehead atoms. The monoisotopic (exact) mass is 348 g/mol. The first-order valence-electron chi connectivity index (χ1n) is 8.64. The van der Waals surface area contributed by atoms with Gasteiger partial charge in [0.15, 0.2) is 0 Å². The third-order valence-corrected chi connectivity index (χ3v) is 4.37. The van der Waals surface area contributed by atoms with Gasteiger partial charge < -0.3 is 20.1 Å². The van der Waals surface area contributed by atoms with Gasteiger partial charge in [0.1, 0.15) is 11.7 Å². The number of nitrogen functional groups attached to an aromatic ring is 1. The van der Waals surface area contributed by atoms with Crippen LogP contribution < -0.4 is 5.73 Å². The van der Waals surface area contributed by atoms with Crippen molar-refractivity contribution in [1.29, 1.82) is 0 Å². The molecular weight excluding hydrogens is 320 g/mol. The second-order valence-corrected chi connectivity index (χ2v) is 7.59. The summed E-state index contributed by atoms with van der Waals surface area (Å²) in [4.78, 5) is 24.9. The molecule has 0 radical (unpaired) electrons. The van der Waals surface area contributed by atoms with E-state index in [9.17, 15) is 9.59 Å². The van der Waals surface area contributed by atoms with Crippen molar-refractivity contribution in [2.75, 3.05) is 18.8 Å². The number of likely N-dealkylation sites (tertiary alicyclic amines) is 1. The molecule has 0 aromatic heterocycles. The van der Waals surface area contributed by atoms with Crippen LogP contribution in [-0.2, 0) is 14.3 Å². The number of anilines is 1. The SMILES string of the molecule is Cc1ccc(N)c(C(OC=O)C2CCN(C(=O)OC(C)(C)C)CC2)c1. The normalized spacial score (nSPS) is 17.0. The summed E-state index contributed by atoms with van der Waals surface area (Å²) in [5, 5.41) is 0. The topological polar surface area (TPSA) is 81.9 Å². The molecule has 25 heavy (non-hydrogen) atoms. The number of ether oxygens (including phenoxy) is 2. The van der Waals surface area contributed by atoms with Gasteiger partial charge in [-0.15, -0.1) is 0 Å². The molecule has 1 unspecified atom stereocenters. The number of benzene rings is 1. The number of nitrogens with zero attached hydrogens (tertiary/aromatic N) is 1. The molecule has 1 saturated heterocycles. The van der Waals surface area contributed by atoms with Crippen LogP contribution in [0.15, 0.2) is 18.2 Å². The van der Waals surface area contributed by atoms with E-state index in [-0.39, 0.29) is 12.0 Å². The number of carbonyl (C=O) groups is 2. The number of carbonyl (C=O) groups excluding carboxylic acids is 2. The molecule has 0 saturated carbocycles. The van der Waals surface area contributed by atoms with Gasteiger partial charge in [0.05, 0.1) is 0 Å².